The first kappa shape index (κ1) is 18.5. The fourth-order valence-electron chi connectivity index (χ4n) is 3.09. The van der Waals surface area contributed by atoms with Gasteiger partial charge in [-0.3, -0.25) is 14.5 Å². The van der Waals surface area contributed by atoms with E-state index in [1.54, 1.807) is 17.5 Å². The second kappa shape index (κ2) is 6.96. The van der Waals surface area contributed by atoms with Crippen molar-refractivity contribution in [3.05, 3.63) is 79.9 Å². The average molecular weight is 414 g/mol. The Morgan fingerprint density at radius 1 is 1.21 bits per heavy atom. The van der Waals surface area contributed by atoms with Crippen molar-refractivity contribution in [2.45, 2.75) is 19.9 Å². The number of aliphatic hydroxyl groups is 1. The van der Waals surface area contributed by atoms with Crippen molar-refractivity contribution in [3.63, 3.8) is 0 Å². The lowest BCUT2D eigenvalue weighted by Crippen LogP contribution is -2.31. The van der Waals surface area contributed by atoms with Gasteiger partial charge in [-0.1, -0.05) is 18.2 Å². The van der Waals surface area contributed by atoms with Gasteiger partial charge in [0.15, 0.2) is 10.9 Å². The summed E-state index contributed by atoms with van der Waals surface area (Å²) in [4.78, 5) is 33.1. The minimum atomic E-state index is -0.882. The van der Waals surface area contributed by atoms with Gasteiger partial charge in [-0.05, 0) is 43.0 Å². The monoisotopic (exact) mass is 414 g/mol. The number of thiazole rings is 1. The second-order valence-electron chi connectivity index (χ2n) is 6.34. The predicted octanol–water partition coefficient (Wildman–Crippen LogP) is 4.74. The molecule has 0 saturated heterocycles. The summed E-state index contributed by atoms with van der Waals surface area (Å²) in [7, 11) is 0. The Bertz CT molecular complexity index is 1080. The molecular formula is C20H15FN2O3S2. The molecule has 1 aromatic carbocycles. The van der Waals surface area contributed by atoms with E-state index in [-0.39, 0.29) is 5.57 Å². The summed E-state index contributed by atoms with van der Waals surface area (Å²) in [5, 5.41) is 12.7. The fraction of sp³-hybridized carbons (Fsp3) is 0.150. The molecule has 0 fully saturated rings. The van der Waals surface area contributed by atoms with E-state index in [1.807, 2.05) is 13.8 Å². The summed E-state index contributed by atoms with van der Waals surface area (Å²) in [5.74, 6) is -2.15. The zero-order valence-electron chi connectivity index (χ0n) is 15.0. The van der Waals surface area contributed by atoms with Gasteiger partial charge in [0.1, 0.15) is 5.82 Å². The smallest absolute Gasteiger partial charge is 0.296 e. The van der Waals surface area contributed by atoms with Crippen LogP contribution in [0.5, 0.6) is 0 Å². The molecule has 3 heterocycles. The lowest BCUT2D eigenvalue weighted by molar-refractivity contribution is -0.117. The summed E-state index contributed by atoms with van der Waals surface area (Å²) in [5.41, 5.74) is 1.26. The summed E-state index contributed by atoms with van der Waals surface area (Å²) in [6, 6.07) is 8.02. The maximum atomic E-state index is 13.5. The average Bonchev–Trinajstić information content (AvgIpc) is 3.37. The molecule has 8 heteroatoms. The molecule has 2 aromatic heterocycles. The van der Waals surface area contributed by atoms with Gasteiger partial charge in [0, 0.05) is 4.88 Å². The van der Waals surface area contributed by atoms with Crippen LogP contribution in [0.1, 0.15) is 31.8 Å². The third-order valence-electron chi connectivity index (χ3n) is 4.61. The Kier molecular flexibility index (Phi) is 4.60. The lowest BCUT2D eigenvalue weighted by Gasteiger charge is -2.24. The summed E-state index contributed by atoms with van der Waals surface area (Å²) in [6.45, 7) is 3.71. The highest BCUT2D eigenvalue weighted by Gasteiger charge is 2.46. The van der Waals surface area contributed by atoms with Crippen molar-refractivity contribution in [1.82, 2.24) is 4.98 Å². The predicted molar refractivity (Wildman–Crippen MR) is 107 cm³/mol. The van der Waals surface area contributed by atoms with Crippen molar-refractivity contribution in [2.75, 3.05) is 4.90 Å². The molecular weight excluding hydrogens is 399 g/mol. The quantitative estimate of drug-likeness (QED) is 0.626. The Morgan fingerprint density at radius 2 is 1.93 bits per heavy atom. The minimum absolute atomic E-state index is 0.0236. The lowest BCUT2D eigenvalue weighted by atomic mass is 9.95. The van der Waals surface area contributed by atoms with Crippen molar-refractivity contribution in [3.8, 4) is 0 Å². The van der Waals surface area contributed by atoms with E-state index >= 15 is 0 Å². The highest BCUT2D eigenvalue weighted by Crippen LogP contribution is 2.43. The topological polar surface area (TPSA) is 70.5 Å². The number of benzene rings is 1. The number of anilines is 1. The largest absolute Gasteiger partial charge is 0.503 e. The molecule has 1 aliphatic heterocycles. The first-order chi connectivity index (χ1) is 13.4. The number of aryl methyl sites for hydroxylation is 2. The molecule has 0 spiro atoms. The van der Waals surface area contributed by atoms with E-state index in [0.29, 0.717) is 15.6 Å². The molecule has 0 radical (unpaired) electrons. The van der Waals surface area contributed by atoms with E-state index in [4.69, 9.17) is 0 Å². The van der Waals surface area contributed by atoms with E-state index in [9.17, 15) is 19.1 Å². The number of hydrogen-bond acceptors (Lipinski definition) is 6. The third kappa shape index (κ3) is 2.94. The van der Waals surface area contributed by atoms with Gasteiger partial charge in [0.2, 0.25) is 5.78 Å². The zero-order chi connectivity index (χ0) is 20.0. The molecule has 1 aliphatic rings. The molecule has 4 rings (SSSR count). The number of thiophene rings is 1. The van der Waals surface area contributed by atoms with Crippen LogP contribution in [0.25, 0.3) is 0 Å². The third-order valence-corrected chi connectivity index (χ3v) is 6.55. The highest BCUT2D eigenvalue weighted by atomic mass is 32.1. The number of aliphatic hydroxyl groups excluding tert-OH is 1. The van der Waals surface area contributed by atoms with E-state index in [0.717, 1.165) is 10.6 Å². The van der Waals surface area contributed by atoms with Gasteiger partial charge < -0.3 is 5.11 Å². The zero-order valence-corrected chi connectivity index (χ0v) is 16.6. The first-order valence-corrected chi connectivity index (χ1v) is 10.1. The van der Waals surface area contributed by atoms with Crippen LogP contribution in [0.15, 0.2) is 53.1 Å². The van der Waals surface area contributed by atoms with Crippen LogP contribution in [0.2, 0.25) is 0 Å². The Balaban J connectivity index is 1.89. The van der Waals surface area contributed by atoms with Crippen molar-refractivity contribution < 1.29 is 19.1 Å². The molecule has 5 nitrogen and oxygen atoms in total. The molecule has 142 valence electrons. The molecule has 0 bridgehead atoms. The Morgan fingerprint density at radius 3 is 2.50 bits per heavy atom. The van der Waals surface area contributed by atoms with Gasteiger partial charge in [0.05, 0.1) is 22.2 Å². The molecule has 28 heavy (non-hydrogen) atoms. The van der Waals surface area contributed by atoms with Crippen LogP contribution in [-0.2, 0) is 4.79 Å². The molecule has 3 aromatic rings. The van der Waals surface area contributed by atoms with Crippen LogP contribution in [0.3, 0.4) is 0 Å². The number of carbonyl (C=O) groups is 2. The summed E-state index contributed by atoms with van der Waals surface area (Å²) < 4.78 is 13.5. The normalized spacial score (nSPS) is 16.9. The summed E-state index contributed by atoms with van der Waals surface area (Å²) >= 11 is 2.53. The Labute approximate surface area is 168 Å². The van der Waals surface area contributed by atoms with Gasteiger partial charge in [0.25, 0.3) is 5.91 Å². The van der Waals surface area contributed by atoms with Gasteiger partial charge in [-0.15, -0.1) is 22.7 Å². The number of nitrogens with zero attached hydrogens (tertiary/aromatic N) is 2. The van der Waals surface area contributed by atoms with E-state index < -0.39 is 29.3 Å². The maximum Gasteiger partial charge on any atom is 0.296 e. The van der Waals surface area contributed by atoms with Gasteiger partial charge in [-0.25, -0.2) is 9.37 Å². The molecule has 0 aliphatic carbocycles. The van der Waals surface area contributed by atoms with E-state index in [2.05, 4.69) is 4.98 Å². The molecule has 1 N–H and O–H groups in total. The van der Waals surface area contributed by atoms with Crippen LogP contribution >= 0.6 is 22.7 Å². The number of hydrogen-bond donors (Lipinski definition) is 1. The van der Waals surface area contributed by atoms with Crippen molar-refractivity contribution >= 4 is 39.5 Å². The molecule has 0 unspecified atom stereocenters. The molecule has 0 saturated carbocycles. The number of ketones is 1. The minimum Gasteiger partial charge on any atom is -0.503 e. The summed E-state index contributed by atoms with van der Waals surface area (Å²) in [6.07, 6.45) is 0. The number of amides is 1. The van der Waals surface area contributed by atoms with Gasteiger partial charge >= 0.3 is 0 Å². The second-order valence-corrected chi connectivity index (χ2v) is 8.47. The van der Waals surface area contributed by atoms with Crippen LogP contribution in [0.4, 0.5) is 9.52 Å². The molecule has 1 atom stereocenters. The number of aromatic nitrogens is 1. The van der Waals surface area contributed by atoms with Crippen molar-refractivity contribution in [1.29, 1.82) is 0 Å². The molecule has 1 amide bonds. The van der Waals surface area contributed by atoms with Crippen LogP contribution in [0, 0.1) is 19.7 Å². The number of halogens is 1. The van der Waals surface area contributed by atoms with Crippen molar-refractivity contribution in [2.24, 2.45) is 0 Å². The van der Waals surface area contributed by atoms with E-state index in [1.165, 1.54) is 51.8 Å². The Hall–Kier alpha value is -2.84. The fourth-order valence-corrected chi connectivity index (χ4v) is 4.71. The highest BCUT2D eigenvalue weighted by molar-refractivity contribution is 7.16. The van der Waals surface area contributed by atoms with Crippen LogP contribution in [-0.4, -0.2) is 21.8 Å². The maximum absolute atomic E-state index is 13.5. The number of Topliss-reactive ketones (excluding diaryl/α,β-unsaturated/α-hetero) is 1. The SMILES string of the molecule is Cc1nc(N2C(=O)C(O)=C(C(=O)c3cccs3)[C@H]2c2ccc(F)cc2)sc1C. The van der Waals surface area contributed by atoms with Gasteiger partial charge in [-0.2, -0.15) is 0 Å². The number of rotatable bonds is 4. The van der Waals surface area contributed by atoms with Crippen LogP contribution < -0.4 is 4.90 Å². The number of carbonyl (C=O) groups excluding carboxylic acids is 2. The standard InChI is InChI=1S/C20H15FN2O3S2/c1-10-11(2)28-20(22-10)23-16(12-5-7-13(21)8-6-12)15(18(25)19(23)26)17(24)14-4-3-9-27-14/h3-9,16,25H,1-2H3/t16-/m1/s1. The first-order valence-electron chi connectivity index (χ1n) is 8.43.